The first-order valence-electron chi connectivity index (χ1n) is 12.9. The van der Waals surface area contributed by atoms with Crippen molar-refractivity contribution in [1.82, 2.24) is 9.97 Å². The molecule has 0 fully saturated rings. The topological polar surface area (TPSA) is 62.8 Å². The van der Waals surface area contributed by atoms with Crippen molar-refractivity contribution in [1.29, 1.82) is 0 Å². The molecule has 184 valence electrons. The molecule has 0 aliphatic carbocycles. The Balaban J connectivity index is 1.76. The van der Waals surface area contributed by atoms with Crippen LogP contribution in [0.2, 0.25) is 0 Å². The van der Waals surface area contributed by atoms with Crippen LogP contribution in [0.15, 0.2) is 102 Å². The average Bonchev–Trinajstić information content (AvgIpc) is 2.94. The quantitative estimate of drug-likeness (QED) is 0.218. The average molecular weight is 487 g/mol. The van der Waals surface area contributed by atoms with E-state index < -0.39 is 0 Å². The van der Waals surface area contributed by atoms with Gasteiger partial charge in [-0.2, -0.15) is 0 Å². The number of aromatic nitrogens is 2. The summed E-state index contributed by atoms with van der Waals surface area (Å²) in [6.07, 6.45) is 5.49. The summed E-state index contributed by atoms with van der Waals surface area (Å²) in [5, 5.41) is 0.870. The van der Waals surface area contributed by atoms with Gasteiger partial charge in [0, 0.05) is 46.7 Å². The number of carbonyl (C=O) groups excluding carboxylic acids is 1. The van der Waals surface area contributed by atoms with Gasteiger partial charge in [0.15, 0.2) is 0 Å². The highest BCUT2D eigenvalue weighted by Crippen LogP contribution is 2.38. The van der Waals surface area contributed by atoms with Crippen molar-refractivity contribution >= 4 is 16.7 Å². The highest BCUT2D eigenvalue weighted by molar-refractivity contribution is 6.02. The van der Waals surface area contributed by atoms with Crippen LogP contribution in [0, 0.1) is 0 Å². The van der Waals surface area contributed by atoms with E-state index in [1.54, 1.807) is 6.20 Å². The molecular formula is C33H30N2O2. The molecule has 4 nitrogen and oxygen atoms in total. The molecule has 0 radical (unpaired) electrons. The number of ketones is 1. The standard InChI is InChI=1S/C33H30N2O2/c1-2-3-6-16-26(36)21-25-18-19-30-29(31(25)27-17-11-20-34-33(27)37)22-28(23-12-7-4-8-13-23)32(35-30)24-14-9-5-10-15-24/h4-5,7-15,17-20,22H,2-3,6,16,21H2,1H3,(H,34,37). The van der Waals surface area contributed by atoms with E-state index in [4.69, 9.17) is 4.98 Å². The fraction of sp³-hybridized carbons (Fsp3) is 0.182. The zero-order valence-electron chi connectivity index (χ0n) is 21.0. The zero-order chi connectivity index (χ0) is 25.6. The van der Waals surface area contributed by atoms with Crippen molar-refractivity contribution in [3.63, 3.8) is 0 Å². The van der Waals surface area contributed by atoms with Crippen LogP contribution < -0.4 is 5.56 Å². The Labute approximate surface area is 217 Å². The Hall–Kier alpha value is -4.31. The largest absolute Gasteiger partial charge is 0.329 e. The first kappa shape index (κ1) is 24.4. The van der Waals surface area contributed by atoms with Gasteiger partial charge >= 0.3 is 0 Å². The van der Waals surface area contributed by atoms with E-state index in [1.807, 2.05) is 60.7 Å². The molecule has 0 spiro atoms. The molecule has 37 heavy (non-hydrogen) atoms. The van der Waals surface area contributed by atoms with Crippen LogP contribution in [-0.2, 0) is 11.2 Å². The summed E-state index contributed by atoms with van der Waals surface area (Å²) in [6, 6.07) is 30.0. The lowest BCUT2D eigenvalue weighted by Gasteiger charge is -2.16. The highest BCUT2D eigenvalue weighted by Gasteiger charge is 2.19. The maximum absolute atomic E-state index is 13.0. The summed E-state index contributed by atoms with van der Waals surface area (Å²) in [5.41, 5.74) is 6.75. The summed E-state index contributed by atoms with van der Waals surface area (Å²) in [5.74, 6) is 0.193. The van der Waals surface area contributed by atoms with Crippen LogP contribution in [0.4, 0.5) is 0 Å². The molecule has 1 N–H and O–H groups in total. The number of hydrogen-bond acceptors (Lipinski definition) is 3. The number of fused-ring (bicyclic) bond motifs is 1. The third-order valence-electron chi connectivity index (χ3n) is 6.75. The van der Waals surface area contributed by atoms with Crippen molar-refractivity contribution in [2.75, 3.05) is 0 Å². The smallest absolute Gasteiger partial charge is 0.255 e. The SMILES string of the molecule is CCCCCC(=O)Cc1ccc2nc(-c3ccccc3)c(-c3ccccc3)cc2c1-c1ccc[nH]c1=O. The summed E-state index contributed by atoms with van der Waals surface area (Å²) in [7, 11) is 0. The van der Waals surface area contributed by atoms with Gasteiger partial charge in [-0.05, 0) is 41.8 Å². The van der Waals surface area contributed by atoms with Gasteiger partial charge in [0.1, 0.15) is 5.78 Å². The Morgan fingerprint density at radius 3 is 2.24 bits per heavy atom. The minimum Gasteiger partial charge on any atom is -0.329 e. The van der Waals surface area contributed by atoms with Crippen molar-refractivity contribution in [3.05, 3.63) is 113 Å². The van der Waals surface area contributed by atoms with Gasteiger partial charge in [-0.1, -0.05) is 86.5 Å². The third kappa shape index (κ3) is 5.29. The second-order valence-corrected chi connectivity index (χ2v) is 9.37. The van der Waals surface area contributed by atoms with Crippen molar-refractivity contribution in [2.45, 2.75) is 39.0 Å². The molecule has 4 heteroatoms. The zero-order valence-corrected chi connectivity index (χ0v) is 21.0. The Morgan fingerprint density at radius 1 is 0.811 bits per heavy atom. The molecule has 0 unspecified atom stereocenters. The van der Waals surface area contributed by atoms with E-state index in [2.05, 4.69) is 42.2 Å². The molecule has 3 aromatic carbocycles. The molecule has 0 saturated carbocycles. The number of carbonyl (C=O) groups is 1. The predicted octanol–water partition coefficient (Wildman–Crippen LogP) is 7.62. The van der Waals surface area contributed by atoms with E-state index in [1.165, 1.54) is 0 Å². The molecule has 0 amide bonds. The number of rotatable bonds is 9. The molecule has 0 saturated heterocycles. The number of aromatic amines is 1. The van der Waals surface area contributed by atoms with E-state index in [0.717, 1.165) is 63.7 Å². The van der Waals surface area contributed by atoms with E-state index >= 15 is 0 Å². The molecule has 0 atom stereocenters. The van der Waals surface area contributed by atoms with Gasteiger partial charge in [-0.3, -0.25) is 9.59 Å². The molecule has 2 heterocycles. The van der Waals surface area contributed by atoms with Crippen LogP contribution in [-0.4, -0.2) is 15.8 Å². The van der Waals surface area contributed by atoms with Crippen LogP contribution >= 0.6 is 0 Å². The maximum Gasteiger partial charge on any atom is 0.255 e. The lowest BCUT2D eigenvalue weighted by Crippen LogP contribution is -2.11. The number of pyridine rings is 2. The van der Waals surface area contributed by atoms with Gasteiger partial charge in [0.25, 0.3) is 5.56 Å². The monoisotopic (exact) mass is 486 g/mol. The second kappa shape index (κ2) is 11.2. The molecule has 0 bridgehead atoms. The second-order valence-electron chi connectivity index (χ2n) is 9.37. The molecular weight excluding hydrogens is 456 g/mol. The third-order valence-corrected chi connectivity index (χ3v) is 6.75. The number of unbranched alkanes of at least 4 members (excludes halogenated alkanes) is 2. The fourth-order valence-corrected chi connectivity index (χ4v) is 4.90. The Kier molecular flexibility index (Phi) is 7.36. The van der Waals surface area contributed by atoms with Gasteiger partial charge in [-0.15, -0.1) is 0 Å². The number of nitrogens with zero attached hydrogens (tertiary/aromatic N) is 1. The minimum atomic E-state index is -0.178. The van der Waals surface area contributed by atoms with Gasteiger partial charge in [0.05, 0.1) is 11.2 Å². The fourth-order valence-electron chi connectivity index (χ4n) is 4.90. The normalized spacial score (nSPS) is 11.1. The van der Waals surface area contributed by atoms with E-state index in [9.17, 15) is 9.59 Å². The summed E-state index contributed by atoms with van der Waals surface area (Å²) in [4.78, 5) is 33.8. The van der Waals surface area contributed by atoms with Gasteiger partial charge < -0.3 is 4.98 Å². The van der Waals surface area contributed by atoms with Crippen LogP contribution in [0.25, 0.3) is 44.4 Å². The number of nitrogens with one attached hydrogen (secondary N) is 1. The highest BCUT2D eigenvalue weighted by atomic mass is 16.1. The molecule has 2 aromatic heterocycles. The van der Waals surface area contributed by atoms with Gasteiger partial charge in [0.2, 0.25) is 0 Å². The van der Waals surface area contributed by atoms with Crippen molar-refractivity contribution in [2.24, 2.45) is 0 Å². The van der Waals surface area contributed by atoms with Crippen molar-refractivity contribution < 1.29 is 4.79 Å². The molecule has 0 aliphatic heterocycles. The molecule has 0 aliphatic rings. The molecule has 5 aromatic rings. The summed E-state index contributed by atoms with van der Waals surface area (Å²) < 4.78 is 0. The number of hydrogen-bond donors (Lipinski definition) is 1. The van der Waals surface area contributed by atoms with Gasteiger partial charge in [-0.25, -0.2) is 4.98 Å². The molecule has 5 rings (SSSR count). The Morgan fingerprint density at radius 2 is 1.54 bits per heavy atom. The van der Waals surface area contributed by atoms with E-state index in [0.29, 0.717) is 18.4 Å². The van der Waals surface area contributed by atoms with Crippen molar-refractivity contribution in [3.8, 4) is 33.5 Å². The first-order chi connectivity index (χ1) is 18.2. The van der Waals surface area contributed by atoms with E-state index in [-0.39, 0.29) is 11.3 Å². The van der Waals surface area contributed by atoms with Crippen LogP contribution in [0.5, 0.6) is 0 Å². The summed E-state index contributed by atoms with van der Waals surface area (Å²) >= 11 is 0. The Bertz CT molecular complexity index is 1590. The van der Waals surface area contributed by atoms with Crippen LogP contribution in [0.1, 0.15) is 38.2 Å². The number of Topliss-reactive ketones (excluding diaryl/α,β-unsaturated/α-hetero) is 1. The van der Waals surface area contributed by atoms with Crippen LogP contribution in [0.3, 0.4) is 0 Å². The maximum atomic E-state index is 13.0. The minimum absolute atomic E-state index is 0.178. The lowest BCUT2D eigenvalue weighted by atomic mass is 9.89. The lowest BCUT2D eigenvalue weighted by molar-refractivity contribution is -0.118. The predicted molar refractivity (Wildman–Crippen MR) is 152 cm³/mol. The summed E-state index contributed by atoms with van der Waals surface area (Å²) in [6.45, 7) is 2.13. The first-order valence-corrected chi connectivity index (χ1v) is 12.9. The number of benzene rings is 3. The number of H-pyrrole nitrogens is 1.